The molecule has 2 fully saturated rings. The van der Waals surface area contributed by atoms with E-state index in [4.69, 9.17) is 4.74 Å². The summed E-state index contributed by atoms with van der Waals surface area (Å²) in [5, 5.41) is 7.42. The van der Waals surface area contributed by atoms with Crippen LogP contribution in [0.15, 0.2) is 12.3 Å². The maximum atomic E-state index is 12.9. The minimum Gasteiger partial charge on any atom is -0.368 e. The number of aromatic nitrogens is 3. The summed E-state index contributed by atoms with van der Waals surface area (Å²) in [4.78, 5) is 30.8. The van der Waals surface area contributed by atoms with E-state index in [2.05, 4.69) is 15.4 Å². The molecule has 4 rings (SSSR count). The molecule has 1 atom stereocenters. The Morgan fingerprint density at radius 2 is 2.11 bits per heavy atom. The Kier molecular flexibility index (Phi) is 5.30. The Hall–Kier alpha value is -2.48. The SMILES string of the molecule is CC(=O)NCc1cnc2cc(C)nn2c1[C@H]1CN(C(=O)C2CCCC2)CCO1. The van der Waals surface area contributed by atoms with E-state index in [0.29, 0.717) is 26.2 Å². The zero-order chi connectivity index (χ0) is 19.7. The van der Waals surface area contributed by atoms with Gasteiger partial charge in [0.2, 0.25) is 11.8 Å². The van der Waals surface area contributed by atoms with Crippen LogP contribution in [0.1, 0.15) is 55.7 Å². The van der Waals surface area contributed by atoms with Crippen molar-refractivity contribution in [1.82, 2.24) is 24.8 Å². The van der Waals surface area contributed by atoms with Crippen molar-refractivity contribution >= 4 is 17.5 Å². The number of amides is 2. The van der Waals surface area contributed by atoms with Gasteiger partial charge in [-0.25, -0.2) is 9.50 Å². The highest BCUT2D eigenvalue weighted by molar-refractivity contribution is 5.79. The third-order valence-electron chi connectivity index (χ3n) is 5.64. The molecule has 28 heavy (non-hydrogen) atoms. The van der Waals surface area contributed by atoms with Crippen molar-refractivity contribution in [1.29, 1.82) is 0 Å². The van der Waals surface area contributed by atoms with E-state index in [-0.39, 0.29) is 23.8 Å². The molecule has 8 heteroatoms. The van der Waals surface area contributed by atoms with E-state index >= 15 is 0 Å². The predicted molar refractivity (Wildman–Crippen MR) is 102 cm³/mol. The highest BCUT2D eigenvalue weighted by Gasteiger charge is 2.33. The molecule has 8 nitrogen and oxygen atoms in total. The van der Waals surface area contributed by atoms with Crippen LogP contribution in [0.5, 0.6) is 0 Å². The quantitative estimate of drug-likeness (QED) is 0.866. The summed E-state index contributed by atoms with van der Waals surface area (Å²) in [5.74, 6) is 0.295. The smallest absolute Gasteiger partial charge is 0.225 e. The first-order valence-electron chi connectivity index (χ1n) is 10.0. The van der Waals surface area contributed by atoms with E-state index in [1.165, 1.54) is 6.92 Å². The molecule has 1 N–H and O–H groups in total. The lowest BCUT2D eigenvalue weighted by atomic mass is 10.0. The number of nitrogens with zero attached hydrogens (tertiary/aromatic N) is 4. The second kappa shape index (κ2) is 7.87. The van der Waals surface area contributed by atoms with E-state index in [9.17, 15) is 9.59 Å². The zero-order valence-electron chi connectivity index (χ0n) is 16.5. The fourth-order valence-corrected chi connectivity index (χ4v) is 4.25. The van der Waals surface area contributed by atoms with Crippen LogP contribution < -0.4 is 5.32 Å². The van der Waals surface area contributed by atoms with Gasteiger partial charge in [-0.15, -0.1) is 0 Å². The van der Waals surface area contributed by atoms with Crippen LogP contribution in [0, 0.1) is 12.8 Å². The molecule has 2 aromatic rings. The van der Waals surface area contributed by atoms with E-state index < -0.39 is 0 Å². The van der Waals surface area contributed by atoms with E-state index in [1.54, 1.807) is 10.7 Å². The first-order chi connectivity index (χ1) is 13.5. The maximum absolute atomic E-state index is 12.9. The van der Waals surface area contributed by atoms with Crippen LogP contribution in [-0.2, 0) is 20.9 Å². The first kappa shape index (κ1) is 18.9. The molecule has 150 valence electrons. The van der Waals surface area contributed by atoms with Gasteiger partial charge in [-0.1, -0.05) is 12.8 Å². The molecule has 2 aliphatic rings. The minimum atomic E-state index is -0.298. The fourth-order valence-electron chi connectivity index (χ4n) is 4.25. The third-order valence-corrected chi connectivity index (χ3v) is 5.64. The topological polar surface area (TPSA) is 88.8 Å². The summed E-state index contributed by atoms with van der Waals surface area (Å²) in [5.41, 5.74) is 3.31. The molecule has 0 bridgehead atoms. The molecule has 1 saturated carbocycles. The zero-order valence-corrected chi connectivity index (χ0v) is 16.5. The fraction of sp³-hybridized carbons (Fsp3) is 0.600. The molecule has 1 aliphatic heterocycles. The Morgan fingerprint density at radius 1 is 1.32 bits per heavy atom. The Morgan fingerprint density at radius 3 is 2.86 bits per heavy atom. The van der Waals surface area contributed by atoms with Crippen LogP contribution >= 0.6 is 0 Å². The van der Waals surface area contributed by atoms with Crippen LogP contribution in [0.25, 0.3) is 5.65 Å². The third kappa shape index (κ3) is 3.73. The van der Waals surface area contributed by atoms with Crippen LogP contribution in [0.2, 0.25) is 0 Å². The van der Waals surface area contributed by atoms with Gasteiger partial charge in [0.1, 0.15) is 6.10 Å². The molecule has 0 spiro atoms. The average molecular weight is 385 g/mol. The van der Waals surface area contributed by atoms with Gasteiger partial charge in [0.25, 0.3) is 0 Å². The first-order valence-corrected chi connectivity index (χ1v) is 10.0. The standard InChI is InChI=1S/C20H27N5O3/c1-13-9-18-22-11-16(10-21-14(2)26)19(25(18)23-13)17-12-24(7-8-28-17)20(27)15-5-3-4-6-15/h9,11,15,17H,3-8,10,12H2,1-2H3,(H,21,26)/t17-/m1/s1. The molecular formula is C20H27N5O3. The van der Waals surface area contributed by atoms with Crippen LogP contribution in [0.3, 0.4) is 0 Å². The number of carbonyl (C=O) groups excluding carboxylic acids is 2. The molecule has 1 saturated heterocycles. The largest absolute Gasteiger partial charge is 0.368 e. The highest BCUT2D eigenvalue weighted by Crippen LogP contribution is 2.30. The van der Waals surface area contributed by atoms with Gasteiger partial charge in [0.15, 0.2) is 5.65 Å². The molecule has 3 heterocycles. The lowest BCUT2D eigenvalue weighted by Gasteiger charge is -2.35. The molecule has 0 aromatic carbocycles. The molecule has 0 radical (unpaired) electrons. The minimum absolute atomic E-state index is 0.106. The lowest BCUT2D eigenvalue weighted by molar-refractivity contribution is -0.143. The van der Waals surface area contributed by atoms with Crippen molar-refractivity contribution in [2.45, 2.75) is 52.2 Å². The summed E-state index contributed by atoms with van der Waals surface area (Å²) >= 11 is 0. The second-order valence-corrected chi connectivity index (χ2v) is 7.76. The van der Waals surface area contributed by atoms with Crippen LogP contribution in [0.4, 0.5) is 0 Å². The molecule has 0 unspecified atom stereocenters. The number of rotatable bonds is 4. The van der Waals surface area contributed by atoms with Gasteiger partial charge in [0, 0.05) is 43.8 Å². The molecular weight excluding hydrogens is 358 g/mol. The number of aryl methyl sites for hydroxylation is 1. The predicted octanol–water partition coefficient (Wildman–Crippen LogP) is 1.76. The number of nitrogens with one attached hydrogen (secondary N) is 1. The number of carbonyl (C=O) groups is 2. The van der Waals surface area contributed by atoms with Gasteiger partial charge < -0.3 is 15.0 Å². The van der Waals surface area contributed by atoms with Crippen LogP contribution in [-0.4, -0.2) is 51.0 Å². The van der Waals surface area contributed by atoms with Crippen molar-refractivity contribution in [2.24, 2.45) is 5.92 Å². The number of fused-ring (bicyclic) bond motifs is 1. The maximum Gasteiger partial charge on any atom is 0.225 e. The number of hydrogen-bond acceptors (Lipinski definition) is 5. The van der Waals surface area contributed by atoms with Crippen molar-refractivity contribution in [3.63, 3.8) is 0 Å². The monoisotopic (exact) mass is 385 g/mol. The summed E-state index contributed by atoms with van der Waals surface area (Å²) in [6, 6.07) is 1.91. The Balaban J connectivity index is 1.64. The number of hydrogen-bond donors (Lipinski definition) is 1. The summed E-state index contributed by atoms with van der Waals surface area (Å²) < 4.78 is 7.87. The van der Waals surface area contributed by atoms with Crippen molar-refractivity contribution in [2.75, 3.05) is 19.7 Å². The van der Waals surface area contributed by atoms with Gasteiger partial charge in [-0.2, -0.15) is 5.10 Å². The van der Waals surface area contributed by atoms with Crippen molar-refractivity contribution < 1.29 is 14.3 Å². The second-order valence-electron chi connectivity index (χ2n) is 7.76. The van der Waals surface area contributed by atoms with Crippen molar-refractivity contribution in [3.05, 3.63) is 29.2 Å². The summed E-state index contributed by atoms with van der Waals surface area (Å²) in [7, 11) is 0. The van der Waals surface area contributed by atoms with Gasteiger partial charge in [-0.3, -0.25) is 9.59 Å². The lowest BCUT2D eigenvalue weighted by Crippen LogP contribution is -2.45. The normalized spacial score (nSPS) is 20.6. The number of morpholine rings is 1. The Labute approximate surface area is 164 Å². The molecule has 1 aliphatic carbocycles. The summed E-state index contributed by atoms with van der Waals surface area (Å²) in [6.45, 7) is 5.38. The van der Waals surface area contributed by atoms with E-state index in [0.717, 1.165) is 48.3 Å². The highest BCUT2D eigenvalue weighted by atomic mass is 16.5. The number of ether oxygens (including phenoxy) is 1. The van der Waals surface area contributed by atoms with E-state index in [1.807, 2.05) is 17.9 Å². The summed E-state index contributed by atoms with van der Waals surface area (Å²) in [6.07, 6.45) is 5.74. The molecule has 2 amide bonds. The average Bonchev–Trinajstić information content (AvgIpc) is 3.34. The van der Waals surface area contributed by atoms with Crippen molar-refractivity contribution in [3.8, 4) is 0 Å². The Bertz CT molecular complexity index is 887. The van der Waals surface area contributed by atoms with Gasteiger partial charge in [0.05, 0.1) is 24.5 Å². The van der Waals surface area contributed by atoms with Gasteiger partial charge >= 0.3 is 0 Å². The van der Waals surface area contributed by atoms with Gasteiger partial charge in [-0.05, 0) is 19.8 Å². The molecule has 2 aromatic heterocycles.